The number of unbranched alkanes of at least 4 members (excludes halogenated alkanes) is 8. The van der Waals surface area contributed by atoms with Gasteiger partial charge in [0.25, 0.3) is 0 Å². The highest BCUT2D eigenvalue weighted by Crippen LogP contribution is 2.11. The molecule has 0 heterocycles. The molecule has 0 radical (unpaired) electrons. The van der Waals surface area contributed by atoms with Crippen molar-refractivity contribution in [1.29, 1.82) is 0 Å². The molecule has 0 saturated carbocycles. The minimum absolute atomic E-state index is 0.0296. The molecule has 164 valence electrons. The van der Waals surface area contributed by atoms with E-state index in [4.69, 9.17) is 20.7 Å². The lowest BCUT2D eigenvalue weighted by atomic mass is 10.1. The van der Waals surface area contributed by atoms with Gasteiger partial charge in [0.05, 0.1) is 6.61 Å². The van der Waals surface area contributed by atoms with Crippen molar-refractivity contribution in [3.05, 3.63) is 0 Å². The van der Waals surface area contributed by atoms with Gasteiger partial charge in [0.2, 0.25) is 0 Å². The van der Waals surface area contributed by atoms with Gasteiger partial charge in [0.1, 0.15) is 18.8 Å². The summed E-state index contributed by atoms with van der Waals surface area (Å²) in [5.74, 6) is -2.07. The van der Waals surface area contributed by atoms with Crippen molar-refractivity contribution in [2.75, 3.05) is 13.2 Å². The van der Waals surface area contributed by atoms with Crippen LogP contribution in [-0.4, -0.2) is 53.5 Å². The highest BCUT2D eigenvalue weighted by Gasteiger charge is 2.19. The van der Waals surface area contributed by atoms with E-state index in [-0.39, 0.29) is 25.9 Å². The Morgan fingerprint density at radius 1 is 0.893 bits per heavy atom. The average Bonchev–Trinajstić information content (AvgIpc) is 2.68. The second-order valence-corrected chi connectivity index (χ2v) is 7.04. The number of carbonyl (C=O) groups is 3. The zero-order valence-corrected chi connectivity index (χ0v) is 17.1. The topological polar surface area (TPSA) is 136 Å². The van der Waals surface area contributed by atoms with Crippen LogP contribution in [0.3, 0.4) is 0 Å². The van der Waals surface area contributed by atoms with Crippen molar-refractivity contribution >= 4 is 17.9 Å². The van der Waals surface area contributed by atoms with Crippen LogP contribution in [-0.2, 0) is 23.9 Å². The van der Waals surface area contributed by atoms with Gasteiger partial charge in [-0.3, -0.25) is 14.4 Å². The summed E-state index contributed by atoms with van der Waals surface area (Å²) in [6.07, 6.45) is 9.02. The van der Waals surface area contributed by atoms with E-state index in [0.717, 1.165) is 12.8 Å². The largest absolute Gasteiger partial charge is 0.462 e. The predicted octanol–water partition coefficient (Wildman–Crippen LogP) is 1.98. The Bertz CT molecular complexity index is 442. The molecule has 28 heavy (non-hydrogen) atoms. The van der Waals surface area contributed by atoms with Crippen LogP contribution in [0.4, 0.5) is 0 Å². The highest BCUT2D eigenvalue weighted by molar-refractivity contribution is 5.85. The summed E-state index contributed by atoms with van der Waals surface area (Å²) < 4.78 is 9.40. The lowest BCUT2D eigenvalue weighted by Gasteiger charge is -2.12. The summed E-state index contributed by atoms with van der Waals surface area (Å²) in [7, 11) is 0. The molecule has 8 heteroatoms. The van der Waals surface area contributed by atoms with Crippen molar-refractivity contribution < 1.29 is 34.1 Å². The maximum atomic E-state index is 11.6. The third kappa shape index (κ3) is 15.5. The van der Waals surface area contributed by atoms with Gasteiger partial charge < -0.3 is 25.4 Å². The van der Waals surface area contributed by atoms with Crippen LogP contribution in [0.15, 0.2) is 0 Å². The molecule has 0 aliphatic heterocycles. The van der Waals surface area contributed by atoms with E-state index in [0.29, 0.717) is 6.42 Å². The maximum Gasteiger partial charge on any atom is 0.323 e. The molecular formula is C20H37NO7. The fraction of sp³-hybridized carbons (Fsp3) is 0.850. The monoisotopic (exact) mass is 403 g/mol. The summed E-state index contributed by atoms with van der Waals surface area (Å²) in [5.41, 5.74) is 5.58. The molecule has 0 aromatic heterocycles. The zero-order chi connectivity index (χ0) is 21.2. The normalized spacial score (nSPS) is 13.0. The molecular weight excluding hydrogens is 366 g/mol. The van der Waals surface area contributed by atoms with Crippen molar-refractivity contribution in [2.24, 2.45) is 5.73 Å². The highest BCUT2D eigenvalue weighted by atomic mass is 16.6. The van der Waals surface area contributed by atoms with E-state index in [2.05, 4.69) is 11.7 Å². The second kappa shape index (κ2) is 17.6. The van der Waals surface area contributed by atoms with Crippen LogP contribution in [0, 0.1) is 0 Å². The van der Waals surface area contributed by atoms with Crippen LogP contribution in [0.5, 0.6) is 0 Å². The van der Waals surface area contributed by atoms with Crippen molar-refractivity contribution in [3.63, 3.8) is 0 Å². The molecule has 0 saturated heterocycles. The molecule has 0 aliphatic carbocycles. The minimum atomic E-state index is -1.17. The molecule has 4 N–H and O–H groups in total. The van der Waals surface area contributed by atoms with Crippen molar-refractivity contribution in [3.8, 4) is 0 Å². The Morgan fingerprint density at radius 2 is 1.43 bits per heavy atom. The maximum absolute atomic E-state index is 11.6. The van der Waals surface area contributed by atoms with Gasteiger partial charge in [-0.1, -0.05) is 58.3 Å². The van der Waals surface area contributed by atoms with Gasteiger partial charge >= 0.3 is 17.9 Å². The molecule has 0 rings (SSSR count). The molecule has 2 atom stereocenters. The Kier molecular flexibility index (Phi) is 16.6. The van der Waals surface area contributed by atoms with Gasteiger partial charge in [0, 0.05) is 12.8 Å². The lowest BCUT2D eigenvalue weighted by molar-refractivity contribution is -0.159. The van der Waals surface area contributed by atoms with Crippen LogP contribution in [0.25, 0.3) is 0 Å². The predicted molar refractivity (Wildman–Crippen MR) is 104 cm³/mol. The molecule has 0 aliphatic rings. The van der Waals surface area contributed by atoms with E-state index in [1.165, 1.54) is 38.5 Å². The first-order valence-corrected chi connectivity index (χ1v) is 10.3. The van der Waals surface area contributed by atoms with E-state index < -0.39 is 36.7 Å². The van der Waals surface area contributed by atoms with Gasteiger partial charge in [-0.25, -0.2) is 0 Å². The summed E-state index contributed by atoms with van der Waals surface area (Å²) in [4.78, 5) is 34.8. The second-order valence-electron chi connectivity index (χ2n) is 7.04. The number of esters is 3. The summed E-state index contributed by atoms with van der Waals surface area (Å²) in [6.45, 7) is 1.29. The summed E-state index contributed by atoms with van der Waals surface area (Å²) in [5, 5.41) is 17.7. The molecule has 0 aromatic rings. The fourth-order valence-electron chi connectivity index (χ4n) is 2.54. The minimum Gasteiger partial charge on any atom is -0.462 e. The van der Waals surface area contributed by atoms with E-state index in [1.54, 1.807) is 0 Å². The molecule has 0 spiro atoms. The van der Waals surface area contributed by atoms with Gasteiger partial charge in [-0.05, 0) is 12.8 Å². The number of carbonyl (C=O) groups excluding carboxylic acids is 3. The Morgan fingerprint density at radius 3 is 2.00 bits per heavy atom. The Balaban J connectivity index is 3.69. The van der Waals surface area contributed by atoms with Gasteiger partial charge in [-0.15, -0.1) is 0 Å². The van der Waals surface area contributed by atoms with Crippen LogP contribution >= 0.6 is 0 Å². The van der Waals surface area contributed by atoms with E-state index >= 15 is 0 Å². The molecule has 0 bridgehead atoms. The average molecular weight is 404 g/mol. The number of rotatable bonds is 17. The van der Waals surface area contributed by atoms with E-state index in [1.807, 2.05) is 0 Å². The van der Waals surface area contributed by atoms with Crippen LogP contribution in [0.2, 0.25) is 0 Å². The van der Waals surface area contributed by atoms with E-state index in [9.17, 15) is 14.4 Å². The first kappa shape index (κ1) is 26.5. The third-order valence-electron chi connectivity index (χ3n) is 4.30. The number of aliphatic hydroxyl groups excluding tert-OH is 2. The fourth-order valence-corrected chi connectivity index (χ4v) is 2.54. The SMILES string of the molecule is CCCCCCCCCCCC(=O)OC(=O)CC[C@H](N)C(=O)OCC(O)CO. The molecule has 0 aromatic carbocycles. The number of nitrogens with two attached hydrogens (primary N) is 1. The lowest BCUT2D eigenvalue weighted by Crippen LogP contribution is -2.35. The van der Waals surface area contributed by atoms with Gasteiger partial charge in [-0.2, -0.15) is 0 Å². The molecule has 8 nitrogen and oxygen atoms in total. The summed E-state index contributed by atoms with van der Waals surface area (Å²) >= 11 is 0. The smallest absolute Gasteiger partial charge is 0.323 e. The number of ether oxygens (including phenoxy) is 2. The van der Waals surface area contributed by atoms with Gasteiger partial charge in [0.15, 0.2) is 0 Å². The quantitative estimate of drug-likeness (QED) is 0.190. The third-order valence-corrected chi connectivity index (χ3v) is 4.30. The van der Waals surface area contributed by atoms with Crippen molar-refractivity contribution in [2.45, 2.75) is 96.1 Å². The molecule has 0 amide bonds. The zero-order valence-electron chi connectivity index (χ0n) is 17.1. The number of aliphatic hydroxyl groups is 2. The van der Waals surface area contributed by atoms with Crippen molar-refractivity contribution in [1.82, 2.24) is 0 Å². The number of hydrogen-bond donors (Lipinski definition) is 3. The molecule has 1 unspecified atom stereocenters. The Labute approximate surface area is 167 Å². The summed E-state index contributed by atoms with van der Waals surface area (Å²) in [6, 6.07) is -1.06. The number of hydrogen-bond acceptors (Lipinski definition) is 8. The first-order valence-electron chi connectivity index (χ1n) is 10.3. The van der Waals surface area contributed by atoms with Crippen LogP contribution in [0.1, 0.15) is 84.0 Å². The molecule has 0 fully saturated rings. The Hall–Kier alpha value is -1.51. The first-order chi connectivity index (χ1) is 13.4. The standard InChI is InChI=1S/C20H37NO7/c1-2-3-4-5-6-7-8-9-10-11-18(24)28-19(25)13-12-17(21)20(26)27-15-16(23)14-22/h16-17,22-23H,2-15,21H2,1H3/t16?,17-/m0/s1. The van der Waals surface area contributed by atoms with Crippen LogP contribution < -0.4 is 5.73 Å².